The van der Waals surface area contributed by atoms with E-state index in [1.165, 1.54) is 0 Å². The molecule has 4 heteroatoms. The molecule has 1 aliphatic heterocycles. The first-order valence-electron chi connectivity index (χ1n) is 3.85. The van der Waals surface area contributed by atoms with Gasteiger partial charge in [0.1, 0.15) is 6.04 Å². The first-order chi connectivity index (χ1) is 5.59. The Kier molecular flexibility index (Phi) is 2.47. The van der Waals surface area contributed by atoms with Crippen LogP contribution in [-0.2, 0) is 9.59 Å². The van der Waals surface area contributed by atoms with Gasteiger partial charge >= 0.3 is 0 Å². The van der Waals surface area contributed by atoms with E-state index < -0.39 is 0 Å². The molecule has 0 bridgehead atoms. The largest absolute Gasteiger partial charge is 0.344 e. The summed E-state index contributed by atoms with van der Waals surface area (Å²) in [5.74, 6) is -0.231. The van der Waals surface area contributed by atoms with Crippen LogP contribution in [0.25, 0.3) is 0 Å². The van der Waals surface area contributed by atoms with Gasteiger partial charge in [0.25, 0.3) is 0 Å². The summed E-state index contributed by atoms with van der Waals surface area (Å²) in [6, 6.07) is -0.366. The Morgan fingerprint density at radius 3 is 2.83 bits per heavy atom. The van der Waals surface area contributed by atoms with Crippen molar-refractivity contribution in [3.05, 3.63) is 12.3 Å². The Morgan fingerprint density at radius 1 is 1.75 bits per heavy atom. The average Bonchev–Trinajstić information content (AvgIpc) is 2.34. The SMILES string of the molecule is C=C(C)NC(=O)C1CCC(=O)N1. The molecule has 0 spiro atoms. The van der Waals surface area contributed by atoms with Crippen LogP contribution >= 0.6 is 0 Å². The molecule has 0 aliphatic carbocycles. The molecular formula is C8H12N2O2. The van der Waals surface area contributed by atoms with Crippen molar-refractivity contribution in [3.8, 4) is 0 Å². The normalized spacial score (nSPS) is 21.8. The maximum absolute atomic E-state index is 11.2. The Balaban J connectivity index is 2.43. The summed E-state index contributed by atoms with van der Waals surface area (Å²) in [5.41, 5.74) is 0.598. The summed E-state index contributed by atoms with van der Waals surface area (Å²) in [6.07, 6.45) is 1.02. The van der Waals surface area contributed by atoms with Crippen LogP contribution in [-0.4, -0.2) is 17.9 Å². The van der Waals surface area contributed by atoms with Crippen LogP contribution in [0.3, 0.4) is 0 Å². The van der Waals surface area contributed by atoms with Crippen molar-refractivity contribution in [2.75, 3.05) is 0 Å². The van der Waals surface area contributed by atoms with Gasteiger partial charge in [-0.3, -0.25) is 9.59 Å². The standard InChI is InChI=1S/C8H12N2O2/c1-5(2)9-8(12)6-3-4-7(11)10-6/h6H,1,3-4H2,2H3,(H,9,12)(H,10,11). The monoisotopic (exact) mass is 168 g/mol. The zero-order valence-corrected chi connectivity index (χ0v) is 7.02. The highest BCUT2D eigenvalue weighted by Crippen LogP contribution is 2.06. The zero-order valence-electron chi connectivity index (χ0n) is 7.02. The molecule has 1 rings (SSSR count). The van der Waals surface area contributed by atoms with Crippen molar-refractivity contribution < 1.29 is 9.59 Å². The maximum Gasteiger partial charge on any atom is 0.246 e. The number of nitrogens with one attached hydrogen (secondary N) is 2. The molecule has 0 radical (unpaired) electrons. The average molecular weight is 168 g/mol. The molecule has 1 heterocycles. The van der Waals surface area contributed by atoms with Crippen LogP contribution in [0.2, 0.25) is 0 Å². The lowest BCUT2D eigenvalue weighted by atomic mass is 10.2. The summed E-state index contributed by atoms with van der Waals surface area (Å²) in [6.45, 7) is 5.24. The molecule has 1 fully saturated rings. The topological polar surface area (TPSA) is 58.2 Å². The fourth-order valence-corrected chi connectivity index (χ4v) is 1.11. The minimum absolute atomic E-state index is 0.0585. The second-order valence-electron chi connectivity index (χ2n) is 2.93. The summed E-state index contributed by atoms with van der Waals surface area (Å²) in [5, 5.41) is 5.12. The van der Waals surface area contributed by atoms with Gasteiger partial charge in [0.2, 0.25) is 11.8 Å². The van der Waals surface area contributed by atoms with Crippen molar-refractivity contribution in [2.45, 2.75) is 25.8 Å². The van der Waals surface area contributed by atoms with Gasteiger partial charge in [-0.2, -0.15) is 0 Å². The molecule has 2 N–H and O–H groups in total. The zero-order chi connectivity index (χ0) is 9.14. The van der Waals surface area contributed by atoms with Crippen LogP contribution in [0.4, 0.5) is 0 Å². The third-order valence-corrected chi connectivity index (χ3v) is 1.65. The molecule has 66 valence electrons. The van der Waals surface area contributed by atoms with E-state index >= 15 is 0 Å². The molecule has 0 saturated carbocycles. The van der Waals surface area contributed by atoms with E-state index in [2.05, 4.69) is 17.2 Å². The van der Waals surface area contributed by atoms with Crippen LogP contribution < -0.4 is 10.6 Å². The van der Waals surface area contributed by atoms with Gasteiger partial charge in [-0.25, -0.2) is 0 Å². The quantitative estimate of drug-likeness (QED) is 0.605. The summed E-state index contributed by atoms with van der Waals surface area (Å²) in [4.78, 5) is 21.9. The third kappa shape index (κ3) is 2.08. The molecule has 1 atom stereocenters. The summed E-state index contributed by atoms with van der Waals surface area (Å²) < 4.78 is 0. The minimum Gasteiger partial charge on any atom is -0.344 e. The van der Waals surface area contributed by atoms with E-state index in [0.717, 1.165) is 0 Å². The van der Waals surface area contributed by atoms with Gasteiger partial charge in [0.05, 0.1) is 0 Å². The van der Waals surface area contributed by atoms with Gasteiger partial charge in [-0.15, -0.1) is 0 Å². The highest BCUT2D eigenvalue weighted by Gasteiger charge is 2.26. The van der Waals surface area contributed by atoms with Gasteiger partial charge < -0.3 is 10.6 Å². The first-order valence-corrected chi connectivity index (χ1v) is 3.85. The molecule has 1 aliphatic rings. The van der Waals surface area contributed by atoms with Crippen LogP contribution in [0, 0.1) is 0 Å². The Bertz CT molecular complexity index is 235. The lowest BCUT2D eigenvalue weighted by Gasteiger charge is -2.09. The highest BCUT2D eigenvalue weighted by molar-refractivity contribution is 5.91. The molecule has 1 saturated heterocycles. The maximum atomic E-state index is 11.2. The molecule has 2 amide bonds. The van der Waals surface area contributed by atoms with E-state index in [1.54, 1.807) is 6.92 Å². The van der Waals surface area contributed by atoms with Crippen LogP contribution in [0.15, 0.2) is 12.3 Å². The number of amides is 2. The Hall–Kier alpha value is -1.32. The Labute approximate surface area is 71.0 Å². The third-order valence-electron chi connectivity index (χ3n) is 1.65. The predicted molar refractivity (Wildman–Crippen MR) is 44.1 cm³/mol. The van der Waals surface area contributed by atoms with E-state index in [4.69, 9.17) is 0 Å². The van der Waals surface area contributed by atoms with Crippen molar-refractivity contribution in [3.63, 3.8) is 0 Å². The van der Waals surface area contributed by atoms with Crippen molar-refractivity contribution in [1.82, 2.24) is 10.6 Å². The van der Waals surface area contributed by atoms with Crippen molar-refractivity contribution in [1.29, 1.82) is 0 Å². The van der Waals surface area contributed by atoms with E-state index in [-0.39, 0.29) is 17.9 Å². The molecular weight excluding hydrogens is 156 g/mol. The van der Waals surface area contributed by atoms with Crippen LogP contribution in [0.5, 0.6) is 0 Å². The summed E-state index contributed by atoms with van der Waals surface area (Å²) >= 11 is 0. The molecule has 0 aromatic carbocycles. The lowest BCUT2D eigenvalue weighted by Crippen LogP contribution is -2.40. The minimum atomic E-state index is -0.366. The number of allylic oxidation sites excluding steroid dienone is 1. The number of carbonyl (C=O) groups is 2. The van der Waals surface area contributed by atoms with Gasteiger partial charge in [0, 0.05) is 12.1 Å². The van der Waals surface area contributed by atoms with Gasteiger partial charge in [0.15, 0.2) is 0 Å². The molecule has 0 aromatic rings. The molecule has 12 heavy (non-hydrogen) atoms. The lowest BCUT2D eigenvalue weighted by molar-refractivity contribution is -0.125. The van der Waals surface area contributed by atoms with Crippen molar-refractivity contribution in [2.24, 2.45) is 0 Å². The van der Waals surface area contributed by atoms with Crippen molar-refractivity contribution >= 4 is 11.8 Å². The smallest absolute Gasteiger partial charge is 0.246 e. The number of hydrogen-bond acceptors (Lipinski definition) is 2. The summed E-state index contributed by atoms with van der Waals surface area (Å²) in [7, 11) is 0. The predicted octanol–water partition coefficient (Wildman–Crippen LogP) is -0.0852. The number of rotatable bonds is 2. The van der Waals surface area contributed by atoms with Gasteiger partial charge in [-0.1, -0.05) is 6.58 Å². The second-order valence-corrected chi connectivity index (χ2v) is 2.93. The molecule has 0 aromatic heterocycles. The van der Waals surface area contributed by atoms with Crippen LogP contribution in [0.1, 0.15) is 19.8 Å². The van der Waals surface area contributed by atoms with E-state index in [1.807, 2.05) is 0 Å². The van der Waals surface area contributed by atoms with E-state index in [0.29, 0.717) is 18.5 Å². The van der Waals surface area contributed by atoms with Gasteiger partial charge in [-0.05, 0) is 13.3 Å². The fraction of sp³-hybridized carbons (Fsp3) is 0.500. The highest BCUT2D eigenvalue weighted by atomic mass is 16.2. The fourth-order valence-electron chi connectivity index (χ4n) is 1.11. The van der Waals surface area contributed by atoms with E-state index in [9.17, 15) is 9.59 Å². The number of hydrogen-bond donors (Lipinski definition) is 2. The number of carbonyl (C=O) groups excluding carboxylic acids is 2. The molecule has 1 unspecified atom stereocenters. The second kappa shape index (κ2) is 3.38. The Morgan fingerprint density at radius 2 is 2.42 bits per heavy atom. The molecule has 4 nitrogen and oxygen atoms in total. The first kappa shape index (κ1) is 8.77.